The highest BCUT2D eigenvalue weighted by Gasteiger charge is 2.35. The number of hydrogen-bond acceptors (Lipinski definition) is 8. The molecule has 2 aromatic rings. The summed E-state index contributed by atoms with van der Waals surface area (Å²) in [4.78, 5) is 26.2. The third-order valence-corrected chi connectivity index (χ3v) is 7.38. The van der Waals surface area contributed by atoms with Gasteiger partial charge in [-0.05, 0) is 55.9 Å². The molecule has 1 unspecified atom stereocenters. The first-order chi connectivity index (χ1) is 17.4. The Labute approximate surface area is 214 Å². The number of carbonyl (C=O) groups excluding carboxylic acids is 1. The van der Waals surface area contributed by atoms with E-state index in [9.17, 15) is 14.7 Å². The molecule has 5 rings (SSSR count). The Kier molecular flexibility index (Phi) is 7.37. The average molecular weight is 516 g/mol. The molecule has 1 aliphatic heterocycles. The van der Waals surface area contributed by atoms with Gasteiger partial charge in [0.1, 0.15) is 18.6 Å². The fourth-order valence-electron chi connectivity index (χ4n) is 4.97. The lowest BCUT2D eigenvalue weighted by Crippen LogP contribution is -2.37. The van der Waals surface area contributed by atoms with E-state index in [1.165, 1.54) is 13.2 Å². The van der Waals surface area contributed by atoms with Gasteiger partial charge in [0.2, 0.25) is 0 Å². The summed E-state index contributed by atoms with van der Waals surface area (Å²) in [7, 11) is 1.41. The summed E-state index contributed by atoms with van der Waals surface area (Å²) in [6, 6.07) is 4.99. The van der Waals surface area contributed by atoms with Crippen molar-refractivity contribution in [2.75, 3.05) is 31.8 Å². The molecule has 1 atom stereocenters. The molecule has 192 valence electrons. The predicted octanol–water partition coefficient (Wildman–Crippen LogP) is 4.41. The number of rotatable bonds is 8. The lowest BCUT2D eigenvalue weighted by Gasteiger charge is -2.32. The van der Waals surface area contributed by atoms with E-state index < -0.39 is 6.23 Å². The maximum absolute atomic E-state index is 12.9. The number of ether oxygens (including phenoxy) is 3. The van der Waals surface area contributed by atoms with Gasteiger partial charge < -0.3 is 28.6 Å². The molecule has 36 heavy (non-hydrogen) atoms. The van der Waals surface area contributed by atoms with E-state index in [0.29, 0.717) is 67.1 Å². The normalized spacial score (nSPS) is 23.8. The van der Waals surface area contributed by atoms with E-state index in [1.807, 2.05) is 17.1 Å². The van der Waals surface area contributed by atoms with Crippen LogP contribution in [0.3, 0.4) is 0 Å². The fourth-order valence-corrected chi connectivity index (χ4v) is 5.22. The Hall–Kier alpha value is -2.81. The highest BCUT2D eigenvalue weighted by atomic mass is 35.5. The van der Waals surface area contributed by atoms with Crippen LogP contribution in [0.4, 0.5) is 5.69 Å². The van der Waals surface area contributed by atoms with Crippen LogP contribution in [-0.2, 0) is 19.0 Å². The molecule has 1 saturated carbocycles. The van der Waals surface area contributed by atoms with Crippen LogP contribution in [-0.4, -0.2) is 50.3 Å². The van der Waals surface area contributed by atoms with Crippen molar-refractivity contribution in [3.8, 4) is 0 Å². The molecule has 9 heteroatoms. The molecule has 3 aliphatic rings. The van der Waals surface area contributed by atoms with Crippen molar-refractivity contribution in [1.29, 1.82) is 0 Å². The van der Waals surface area contributed by atoms with Crippen molar-refractivity contribution in [3.05, 3.63) is 57.1 Å². The molecule has 0 radical (unpaired) electrons. The lowest BCUT2D eigenvalue weighted by atomic mass is 9.82. The first-order valence-corrected chi connectivity index (χ1v) is 12.7. The number of esters is 1. The number of allylic oxidation sites excluding steroid dienone is 4. The molecular weight excluding hydrogens is 486 g/mol. The summed E-state index contributed by atoms with van der Waals surface area (Å²) < 4.78 is 22.4. The van der Waals surface area contributed by atoms with Crippen LogP contribution < -0.4 is 10.3 Å². The standard InChI is InChI=1S/C27H30ClNO7/c1-33-27(32)17-11-20(12-17)35-10-9-34-19-6-4-16(5-7-19)24-15-23(30)21-13-18(14-22(28)26(21)36-24)29-8-2-3-25(29)31/h4,6,13-15,17,20,25,31H,2-3,5,7-12H2,1H3. The number of fused-ring (bicyclic) bond motifs is 1. The van der Waals surface area contributed by atoms with Crippen LogP contribution in [0, 0.1) is 5.92 Å². The SMILES string of the molecule is COC(=O)C1CC(OCCOC2=CC=C(c3cc(=O)c4cc(N5CCCC5O)cc(Cl)c4o3)CC2)C1. The summed E-state index contributed by atoms with van der Waals surface area (Å²) in [6.45, 7) is 1.61. The van der Waals surface area contributed by atoms with Crippen LogP contribution in [0.1, 0.15) is 44.3 Å². The highest BCUT2D eigenvalue weighted by Crippen LogP contribution is 2.35. The van der Waals surface area contributed by atoms with Gasteiger partial charge in [-0.15, -0.1) is 0 Å². The minimum atomic E-state index is -0.566. The van der Waals surface area contributed by atoms with Crippen molar-refractivity contribution in [3.63, 3.8) is 0 Å². The van der Waals surface area contributed by atoms with Crippen molar-refractivity contribution in [2.45, 2.75) is 50.9 Å². The van der Waals surface area contributed by atoms with Crippen molar-refractivity contribution in [1.82, 2.24) is 0 Å². The minimum absolute atomic E-state index is 0.0457. The van der Waals surface area contributed by atoms with E-state index >= 15 is 0 Å². The number of aliphatic hydroxyl groups excluding tert-OH is 1. The molecular formula is C27H30ClNO7. The maximum atomic E-state index is 12.9. The predicted molar refractivity (Wildman–Crippen MR) is 136 cm³/mol. The summed E-state index contributed by atoms with van der Waals surface area (Å²) in [5.41, 5.74) is 1.81. The zero-order valence-corrected chi connectivity index (χ0v) is 21.0. The highest BCUT2D eigenvalue weighted by molar-refractivity contribution is 6.35. The van der Waals surface area contributed by atoms with Gasteiger partial charge in [0.15, 0.2) is 11.0 Å². The molecule has 1 N–H and O–H groups in total. The molecule has 1 aromatic heterocycles. The number of carbonyl (C=O) groups is 1. The van der Waals surface area contributed by atoms with Crippen molar-refractivity contribution < 1.29 is 28.5 Å². The van der Waals surface area contributed by atoms with Crippen molar-refractivity contribution >= 4 is 39.8 Å². The summed E-state index contributed by atoms with van der Waals surface area (Å²) in [5, 5.41) is 10.9. The van der Waals surface area contributed by atoms with Gasteiger partial charge in [0.25, 0.3) is 0 Å². The van der Waals surface area contributed by atoms with Gasteiger partial charge in [0.05, 0.1) is 41.9 Å². The van der Waals surface area contributed by atoms with E-state index in [-0.39, 0.29) is 23.4 Å². The second kappa shape index (κ2) is 10.7. The quantitative estimate of drug-likeness (QED) is 0.408. The Balaban J connectivity index is 1.20. The van der Waals surface area contributed by atoms with E-state index in [4.69, 9.17) is 30.2 Å². The fraction of sp³-hybridized carbons (Fsp3) is 0.481. The van der Waals surface area contributed by atoms with Crippen LogP contribution in [0.25, 0.3) is 16.5 Å². The molecule has 2 aliphatic carbocycles. The van der Waals surface area contributed by atoms with Gasteiger partial charge in [0, 0.05) is 24.7 Å². The Morgan fingerprint density at radius 3 is 2.72 bits per heavy atom. The molecule has 2 fully saturated rings. The number of aliphatic hydroxyl groups is 1. The van der Waals surface area contributed by atoms with Gasteiger partial charge in [-0.2, -0.15) is 0 Å². The Morgan fingerprint density at radius 1 is 1.19 bits per heavy atom. The van der Waals surface area contributed by atoms with Gasteiger partial charge in [-0.1, -0.05) is 17.7 Å². The van der Waals surface area contributed by atoms with E-state index in [2.05, 4.69) is 0 Å². The lowest BCUT2D eigenvalue weighted by molar-refractivity contribution is -0.155. The van der Waals surface area contributed by atoms with Gasteiger partial charge >= 0.3 is 5.97 Å². The zero-order chi connectivity index (χ0) is 25.2. The van der Waals surface area contributed by atoms with E-state index in [1.54, 1.807) is 12.1 Å². The summed E-state index contributed by atoms with van der Waals surface area (Å²) in [6.07, 6.45) is 7.64. The number of hydrogen-bond donors (Lipinski definition) is 1. The largest absolute Gasteiger partial charge is 0.496 e. The van der Waals surface area contributed by atoms with Gasteiger partial charge in [-0.3, -0.25) is 9.59 Å². The van der Waals surface area contributed by atoms with Gasteiger partial charge in [-0.25, -0.2) is 0 Å². The third-order valence-electron chi connectivity index (χ3n) is 7.10. The third kappa shape index (κ3) is 5.16. The molecule has 0 amide bonds. The molecule has 8 nitrogen and oxygen atoms in total. The second-order valence-corrected chi connectivity index (χ2v) is 9.86. The second-order valence-electron chi connectivity index (χ2n) is 9.45. The number of nitrogens with zero attached hydrogens (tertiary/aromatic N) is 1. The zero-order valence-electron chi connectivity index (χ0n) is 20.2. The molecule has 0 bridgehead atoms. The Bertz CT molecular complexity index is 1260. The number of anilines is 1. The maximum Gasteiger partial charge on any atom is 0.308 e. The van der Waals surface area contributed by atoms with Crippen molar-refractivity contribution in [2.24, 2.45) is 5.92 Å². The first kappa shape index (κ1) is 24.9. The number of methoxy groups -OCH3 is 1. The van der Waals surface area contributed by atoms with Crippen LogP contribution in [0.5, 0.6) is 0 Å². The van der Waals surface area contributed by atoms with Crippen LogP contribution >= 0.6 is 11.6 Å². The van der Waals surface area contributed by atoms with Crippen LogP contribution in [0.15, 0.2) is 45.3 Å². The molecule has 1 aromatic carbocycles. The smallest absolute Gasteiger partial charge is 0.308 e. The average Bonchev–Trinajstić information content (AvgIpc) is 3.29. The number of benzene rings is 1. The molecule has 1 saturated heterocycles. The summed E-state index contributed by atoms with van der Waals surface area (Å²) >= 11 is 6.51. The monoisotopic (exact) mass is 515 g/mol. The first-order valence-electron chi connectivity index (χ1n) is 12.4. The summed E-state index contributed by atoms with van der Waals surface area (Å²) in [5.74, 6) is 1.12. The van der Waals surface area contributed by atoms with E-state index in [0.717, 1.165) is 30.0 Å². The van der Waals surface area contributed by atoms with Crippen LogP contribution in [0.2, 0.25) is 5.02 Å². The number of halogens is 1. The molecule has 0 spiro atoms. The Morgan fingerprint density at radius 2 is 2.03 bits per heavy atom. The topological polar surface area (TPSA) is 98.4 Å². The molecule has 2 heterocycles. The minimum Gasteiger partial charge on any atom is -0.496 e.